The van der Waals surface area contributed by atoms with Gasteiger partial charge in [-0.3, -0.25) is 11.3 Å². The largest absolute Gasteiger partial charge is 0.493 e. The lowest BCUT2D eigenvalue weighted by Gasteiger charge is -2.29. The Labute approximate surface area is 126 Å². The summed E-state index contributed by atoms with van der Waals surface area (Å²) in [5, 5.41) is 0.702. The fourth-order valence-electron chi connectivity index (χ4n) is 2.59. The Balaban J connectivity index is 1.95. The molecule has 1 aromatic rings. The molecule has 3 unspecified atom stereocenters. The smallest absolute Gasteiger partial charge is 0.122 e. The minimum Gasteiger partial charge on any atom is -0.493 e. The van der Waals surface area contributed by atoms with Gasteiger partial charge in [0, 0.05) is 17.0 Å². The first-order valence-electron chi connectivity index (χ1n) is 7.54. The molecule has 0 saturated carbocycles. The quantitative estimate of drug-likeness (QED) is 0.598. The Hall–Kier alpha value is -0.710. The highest BCUT2D eigenvalue weighted by Crippen LogP contribution is 2.36. The summed E-state index contributed by atoms with van der Waals surface area (Å²) in [5.74, 6) is 8.42. The Kier molecular flexibility index (Phi) is 6.20. The summed E-state index contributed by atoms with van der Waals surface area (Å²) in [7, 11) is 0. The van der Waals surface area contributed by atoms with Gasteiger partial charge in [0.05, 0.1) is 6.61 Å². The van der Waals surface area contributed by atoms with Crippen LogP contribution in [0.25, 0.3) is 0 Å². The summed E-state index contributed by atoms with van der Waals surface area (Å²) >= 11 is 2.01. The summed E-state index contributed by atoms with van der Waals surface area (Å²) in [6.07, 6.45) is 3.38. The fourth-order valence-corrected chi connectivity index (χ4v) is 3.62. The van der Waals surface area contributed by atoms with Crippen LogP contribution < -0.4 is 16.0 Å². The van der Waals surface area contributed by atoms with Crippen molar-refractivity contribution in [2.45, 2.75) is 50.3 Å². The van der Waals surface area contributed by atoms with Crippen molar-refractivity contribution >= 4 is 11.8 Å². The highest BCUT2D eigenvalue weighted by molar-refractivity contribution is 7.99. The van der Waals surface area contributed by atoms with Gasteiger partial charge in [0.25, 0.3) is 0 Å². The molecule has 0 saturated heterocycles. The molecule has 3 N–H and O–H groups in total. The summed E-state index contributed by atoms with van der Waals surface area (Å²) in [4.78, 5) is 0. The molecule has 0 radical (unpaired) electrons. The van der Waals surface area contributed by atoms with Crippen LogP contribution in [0.4, 0.5) is 0 Å². The summed E-state index contributed by atoms with van der Waals surface area (Å²) < 4.78 is 5.73. The monoisotopic (exact) mass is 294 g/mol. The van der Waals surface area contributed by atoms with E-state index in [2.05, 4.69) is 37.5 Å². The number of ether oxygens (including phenoxy) is 1. The first kappa shape index (κ1) is 15.7. The Morgan fingerprint density at radius 2 is 2.25 bits per heavy atom. The topological polar surface area (TPSA) is 47.3 Å². The fraction of sp³-hybridized carbons (Fsp3) is 0.625. The first-order chi connectivity index (χ1) is 9.74. The molecule has 1 aliphatic rings. The molecule has 1 heterocycles. The zero-order valence-electron chi connectivity index (χ0n) is 12.5. The van der Waals surface area contributed by atoms with Crippen LogP contribution in [0.5, 0.6) is 5.75 Å². The van der Waals surface area contributed by atoms with E-state index in [-0.39, 0.29) is 0 Å². The second-order valence-electron chi connectivity index (χ2n) is 5.52. The van der Waals surface area contributed by atoms with Gasteiger partial charge in [-0.15, -0.1) is 0 Å². The lowest BCUT2D eigenvalue weighted by Crippen LogP contribution is -2.39. The molecule has 0 amide bonds. The van der Waals surface area contributed by atoms with E-state index in [1.165, 1.54) is 12.0 Å². The van der Waals surface area contributed by atoms with E-state index in [1.54, 1.807) is 0 Å². The Morgan fingerprint density at radius 1 is 1.45 bits per heavy atom. The number of rotatable bonds is 7. The number of thioether (sulfide) groups is 1. The molecular weight excluding hydrogens is 268 g/mol. The normalized spacial score (nSPS) is 20.9. The molecule has 112 valence electrons. The molecule has 3 nitrogen and oxygen atoms in total. The van der Waals surface area contributed by atoms with Crippen molar-refractivity contribution in [3.8, 4) is 5.75 Å². The minimum atomic E-state index is 0.366. The number of nitrogens with one attached hydrogen (secondary N) is 1. The predicted octanol–water partition coefficient (Wildman–Crippen LogP) is 3.31. The standard InChI is InChI=1S/C16H26N2OS/c1-3-12(2)20-11-14(18-17)10-13-8-9-19-16-7-5-4-6-15(13)16/h4-7,12-14,18H,3,8-11,17H2,1-2H3. The predicted molar refractivity (Wildman–Crippen MR) is 87.2 cm³/mol. The third kappa shape index (κ3) is 4.14. The van der Waals surface area contributed by atoms with Crippen molar-refractivity contribution in [2.24, 2.45) is 5.84 Å². The van der Waals surface area contributed by atoms with Gasteiger partial charge in [-0.2, -0.15) is 11.8 Å². The van der Waals surface area contributed by atoms with E-state index in [1.807, 2.05) is 17.8 Å². The average Bonchev–Trinajstić information content (AvgIpc) is 2.51. The lowest BCUT2D eigenvalue weighted by molar-refractivity contribution is 0.257. The van der Waals surface area contributed by atoms with Crippen molar-refractivity contribution in [3.05, 3.63) is 29.8 Å². The maximum Gasteiger partial charge on any atom is 0.122 e. The van der Waals surface area contributed by atoms with E-state index >= 15 is 0 Å². The second-order valence-corrected chi connectivity index (χ2v) is 6.99. The van der Waals surface area contributed by atoms with Crippen LogP contribution in [0, 0.1) is 0 Å². The van der Waals surface area contributed by atoms with Gasteiger partial charge in [0.15, 0.2) is 0 Å². The Bertz CT molecular complexity index is 413. The SMILES string of the molecule is CCC(C)SCC(CC1CCOc2ccccc21)NN. The van der Waals surface area contributed by atoms with E-state index in [0.717, 1.165) is 31.0 Å². The van der Waals surface area contributed by atoms with Gasteiger partial charge >= 0.3 is 0 Å². The van der Waals surface area contributed by atoms with E-state index in [9.17, 15) is 0 Å². The third-order valence-corrected chi connectivity index (χ3v) is 5.54. The van der Waals surface area contributed by atoms with Crippen LogP contribution in [-0.2, 0) is 0 Å². The number of para-hydroxylation sites is 1. The van der Waals surface area contributed by atoms with Crippen LogP contribution in [-0.4, -0.2) is 23.7 Å². The van der Waals surface area contributed by atoms with Crippen molar-refractivity contribution in [1.82, 2.24) is 5.43 Å². The van der Waals surface area contributed by atoms with Crippen molar-refractivity contribution in [2.75, 3.05) is 12.4 Å². The van der Waals surface area contributed by atoms with E-state index < -0.39 is 0 Å². The van der Waals surface area contributed by atoms with Crippen LogP contribution in [0.15, 0.2) is 24.3 Å². The molecule has 20 heavy (non-hydrogen) atoms. The summed E-state index contributed by atoms with van der Waals surface area (Å²) in [5.41, 5.74) is 4.34. The highest BCUT2D eigenvalue weighted by Gasteiger charge is 2.24. The van der Waals surface area contributed by atoms with Gasteiger partial charge in [0.2, 0.25) is 0 Å². The average molecular weight is 294 g/mol. The van der Waals surface area contributed by atoms with Crippen molar-refractivity contribution in [1.29, 1.82) is 0 Å². The second kappa shape index (κ2) is 7.91. The number of nitrogens with two attached hydrogens (primary N) is 1. The molecule has 0 bridgehead atoms. The zero-order valence-corrected chi connectivity index (χ0v) is 13.3. The molecule has 0 fully saturated rings. The molecule has 3 atom stereocenters. The first-order valence-corrected chi connectivity index (χ1v) is 8.59. The molecule has 2 rings (SSSR count). The number of hydrogen-bond donors (Lipinski definition) is 2. The maximum absolute atomic E-state index is 5.74. The summed E-state index contributed by atoms with van der Waals surface area (Å²) in [6, 6.07) is 8.76. The minimum absolute atomic E-state index is 0.366. The van der Waals surface area contributed by atoms with Crippen LogP contribution in [0.3, 0.4) is 0 Å². The van der Waals surface area contributed by atoms with Gasteiger partial charge in [-0.05, 0) is 36.8 Å². The van der Waals surface area contributed by atoms with Crippen molar-refractivity contribution in [3.63, 3.8) is 0 Å². The molecule has 4 heteroatoms. The van der Waals surface area contributed by atoms with Crippen LogP contribution >= 0.6 is 11.8 Å². The number of fused-ring (bicyclic) bond motifs is 1. The zero-order chi connectivity index (χ0) is 14.4. The molecule has 0 aromatic heterocycles. The van der Waals surface area contributed by atoms with Gasteiger partial charge in [-0.1, -0.05) is 32.0 Å². The molecule has 1 aliphatic heterocycles. The van der Waals surface area contributed by atoms with Gasteiger partial charge < -0.3 is 4.74 Å². The van der Waals surface area contributed by atoms with Gasteiger partial charge in [-0.25, -0.2) is 0 Å². The summed E-state index contributed by atoms with van der Waals surface area (Å²) in [6.45, 7) is 5.33. The van der Waals surface area contributed by atoms with E-state index in [4.69, 9.17) is 10.6 Å². The third-order valence-electron chi connectivity index (χ3n) is 4.04. The highest BCUT2D eigenvalue weighted by atomic mass is 32.2. The van der Waals surface area contributed by atoms with Crippen molar-refractivity contribution < 1.29 is 4.74 Å². The lowest BCUT2D eigenvalue weighted by atomic mass is 9.88. The Morgan fingerprint density at radius 3 is 3.00 bits per heavy atom. The molecule has 0 spiro atoms. The molecular formula is C16H26N2OS. The number of hydrazine groups is 1. The number of hydrogen-bond acceptors (Lipinski definition) is 4. The molecule has 1 aromatic carbocycles. The maximum atomic E-state index is 5.74. The molecule has 0 aliphatic carbocycles. The van der Waals surface area contributed by atoms with Gasteiger partial charge in [0.1, 0.15) is 5.75 Å². The number of benzene rings is 1. The van der Waals surface area contributed by atoms with Crippen LogP contribution in [0.2, 0.25) is 0 Å². The van der Waals surface area contributed by atoms with E-state index in [0.29, 0.717) is 17.2 Å². The van der Waals surface area contributed by atoms with Crippen LogP contribution in [0.1, 0.15) is 44.6 Å².